The van der Waals surface area contributed by atoms with Crippen LogP contribution in [0.5, 0.6) is 0 Å². The van der Waals surface area contributed by atoms with Gasteiger partial charge in [0, 0.05) is 6.42 Å². The lowest BCUT2D eigenvalue weighted by molar-refractivity contribution is -0.305. The number of hydrogen-bond acceptors (Lipinski definition) is 10. The Labute approximate surface area is 477 Å². The van der Waals surface area contributed by atoms with E-state index in [4.69, 9.17) is 14.2 Å². The molecule has 0 radical (unpaired) electrons. The molecule has 11 heteroatoms. The summed E-state index contributed by atoms with van der Waals surface area (Å²) < 4.78 is 17.6. The molecule has 1 heterocycles. The Morgan fingerprint density at radius 3 is 1.40 bits per heavy atom. The van der Waals surface area contributed by atoms with Gasteiger partial charge in [-0.2, -0.15) is 0 Å². The zero-order valence-corrected chi connectivity index (χ0v) is 50.0. The molecular formula is C67H119NO10. The SMILES string of the molecule is CCCC/C=C\CCCCCCC(O)C(=O)NC(COC1OC(CO)C(O)C(O)C1OC(=O)CCCCCCCCCCCCC/C=C\C/C=C\C/C=C\C/C=C\CCCCC)C(O)/C=C/CCCCCCCCCCCC. The Balaban J connectivity index is 2.55. The number of unbranched alkanes of at least 4 members (excludes halogenated alkanes) is 30. The van der Waals surface area contributed by atoms with Gasteiger partial charge in [0.2, 0.25) is 5.91 Å². The highest BCUT2D eigenvalue weighted by atomic mass is 16.7. The van der Waals surface area contributed by atoms with E-state index in [2.05, 4.69) is 86.8 Å². The number of nitrogens with one attached hydrogen (secondary N) is 1. The quantitative estimate of drug-likeness (QED) is 0.0195. The van der Waals surface area contributed by atoms with Gasteiger partial charge in [-0.1, -0.05) is 254 Å². The van der Waals surface area contributed by atoms with Crippen LogP contribution in [0.3, 0.4) is 0 Å². The molecule has 78 heavy (non-hydrogen) atoms. The van der Waals surface area contributed by atoms with Crippen molar-refractivity contribution in [2.24, 2.45) is 0 Å². The summed E-state index contributed by atoms with van der Waals surface area (Å²) in [5.41, 5.74) is 0. The zero-order chi connectivity index (χ0) is 56.8. The Kier molecular flexibility index (Phi) is 51.3. The van der Waals surface area contributed by atoms with E-state index in [1.165, 1.54) is 135 Å². The smallest absolute Gasteiger partial charge is 0.306 e. The molecule has 1 amide bonds. The fourth-order valence-corrected chi connectivity index (χ4v) is 9.67. The van der Waals surface area contributed by atoms with Crippen molar-refractivity contribution in [1.82, 2.24) is 5.32 Å². The molecule has 452 valence electrons. The number of hydrogen-bond donors (Lipinski definition) is 6. The second kappa shape index (κ2) is 54.7. The molecule has 0 spiro atoms. The number of ether oxygens (including phenoxy) is 3. The third-order valence-corrected chi connectivity index (χ3v) is 14.8. The van der Waals surface area contributed by atoms with Gasteiger partial charge in [-0.25, -0.2) is 0 Å². The molecule has 0 bridgehead atoms. The van der Waals surface area contributed by atoms with Gasteiger partial charge in [0.1, 0.15) is 24.4 Å². The van der Waals surface area contributed by atoms with Gasteiger partial charge in [-0.3, -0.25) is 9.59 Å². The number of carbonyl (C=O) groups excluding carboxylic acids is 2. The molecule has 0 aliphatic carbocycles. The fraction of sp³-hybridized carbons (Fsp3) is 0.791. The van der Waals surface area contributed by atoms with Crippen LogP contribution in [0.25, 0.3) is 0 Å². The first-order chi connectivity index (χ1) is 38.2. The molecule has 1 aliphatic rings. The van der Waals surface area contributed by atoms with Crippen molar-refractivity contribution in [2.45, 2.75) is 327 Å². The maximum atomic E-state index is 13.3. The van der Waals surface area contributed by atoms with E-state index >= 15 is 0 Å². The molecule has 0 aromatic carbocycles. The topological polar surface area (TPSA) is 175 Å². The van der Waals surface area contributed by atoms with Crippen molar-refractivity contribution >= 4 is 11.9 Å². The van der Waals surface area contributed by atoms with Gasteiger partial charge in [-0.05, 0) is 89.9 Å². The summed E-state index contributed by atoms with van der Waals surface area (Å²) in [6.07, 6.45) is 59.6. The highest BCUT2D eigenvalue weighted by Gasteiger charge is 2.47. The molecule has 8 atom stereocenters. The van der Waals surface area contributed by atoms with E-state index in [0.717, 1.165) is 96.3 Å². The lowest BCUT2D eigenvalue weighted by atomic mass is 9.99. The van der Waals surface area contributed by atoms with E-state index < -0.39 is 67.4 Å². The maximum Gasteiger partial charge on any atom is 0.306 e. The van der Waals surface area contributed by atoms with E-state index in [-0.39, 0.29) is 19.4 Å². The number of esters is 1. The molecule has 8 unspecified atom stereocenters. The fourth-order valence-electron chi connectivity index (χ4n) is 9.67. The van der Waals surface area contributed by atoms with Crippen LogP contribution in [0.2, 0.25) is 0 Å². The average molecular weight is 1100 g/mol. The van der Waals surface area contributed by atoms with Crippen LogP contribution in [0.1, 0.15) is 278 Å². The second-order valence-electron chi connectivity index (χ2n) is 22.1. The van der Waals surface area contributed by atoms with Crippen LogP contribution in [0.15, 0.2) is 72.9 Å². The predicted molar refractivity (Wildman–Crippen MR) is 324 cm³/mol. The first-order valence-corrected chi connectivity index (χ1v) is 32.2. The number of aliphatic hydroxyl groups excluding tert-OH is 5. The highest BCUT2D eigenvalue weighted by molar-refractivity contribution is 5.80. The second-order valence-corrected chi connectivity index (χ2v) is 22.1. The largest absolute Gasteiger partial charge is 0.454 e. The molecule has 6 N–H and O–H groups in total. The molecule has 0 aromatic heterocycles. The third kappa shape index (κ3) is 42.0. The molecule has 0 saturated carbocycles. The van der Waals surface area contributed by atoms with Gasteiger partial charge in [-0.15, -0.1) is 0 Å². The first kappa shape index (κ1) is 73.1. The van der Waals surface area contributed by atoms with E-state index in [0.29, 0.717) is 12.8 Å². The van der Waals surface area contributed by atoms with Crippen LogP contribution in [-0.4, -0.2) is 99.6 Å². The van der Waals surface area contributed by atoms with Crippen LogP contribution < -0.4 is 5.32 Å². The van der Waals surface area contributed by atoms with E-state index in [1.54, 1.807) is 6.08 Å². The number of allylic oxidation sites excluding steroid dienone is 11. The van der Waals surface area contributed by atoms with Crippen LogP contribution in [0.4, 0.5) is 0 Å². The van der Waals surface area contributed by atoms with Gasteiger partial charge in [0.05, 0.1) is 25.4 Å². The Morgan fingerprint density at radius 2 is 0.897 bits per heavy atom. The number of carbonyl (C=O) groups is 2. The highest BCUT2D eigenvalue weighted by Crippen LogP contribution is 2.26. The molecule has 1 aliphatic heterocycles. The van der Waals surface area contributed by atoms with Crippen molar-refractivity contribution in [1.29, 1.82) is 0 Å². The summed E-state index contributed by atoms with van der Waals surface area (Å²) in [5.74, 6) is -1.21. The molecular weight excluding hydrogens is 979 g/mol. The molecule has 0 aromatic rings. The summed E-state index contributed by atoms with van der Waals surface area (Å²) in [4.78, 5) is 26.5. The van der Waals surface area contributed by atoms with Gasteiger partial charge >= 0.3 is 5.97 Å². The van der Waals surface area contributed by atoms with Crippen molar-refractivity contribution < 1.29 is 49.3 Å². The Hall–Kier alpha value is -2.90. The summed E-state index contributed by atoms with van der Waals surface area (Å²) in [6.45, 7) is 5.71. The van der Waals surface area contributed by atoms with Gasteiger partial charge < -0.3 is 45.1 Å². The van der Waals surface area contributed by atoms with Crippen molar-refractivity contribution in [3.8, 4) is 0 Å². The number of rotatable bonds is 54. The van der Waals surface area contributed by atoms with Crippen molar-refractivity contribution in [2.75, 3.05) is 13.2 Å². The van der Waals surface area contributed by atoms with Crippen molar-refractivity contribution in [3.05, 3.63) is 72.9 Å². The van der Waals surface area contributed by atoms with Crippen LogP contribution in [0, 0.1) is 0 Å². The number of aliphatic hydroxyl groups is 5. The summed E-state index contributed by atoms with van der Waals surface area (Å²) >= 11 is 0. The predicted octanol–water partition coefficient (Wildman–Crippen LogP) is 15.6. The lowest BCUT2D eigenvalue weighted by Gasteiger charge is -2.41. The van der Waals surface area contributed by atoms with E-state index in [1.807, 2.05) is 6.08 Å². The van der Waals surface area contributed by atoms with Crippen LogP contribution >= 0.6 is 0 Å². The number of amides is 1. The summed E-state index contributed by atoms with van der Waals surface area (Å²) in [6, 6.07) is -1.03. The van der Waals surface area contributed by atoms with Gasteiger partial charge in [0.15, 0.2) is 12.4 Å². The minimum absolute atomic E-state index is 0.117. The summed E-state index contributed by atoms with van der Waals surface area (Å²) in [7, 11) is 0. The molecule has 1 rings (SSSR count). The standard InChI is InChI=1S/C67H119NO10/c1-4-7-10-13-16-19-22-24-25-26-27-28-29-30-31-32-33-34-35-36-37-38-40-43-46-49-52-55-62(72)78-65-64(74)63(73)61(56-69)77-67(65)76-57-58(59(70)53-50-47-44-42-39-23-20-17-14-11-8-5-2)68-66(75)60(71)54-51-48-45-41-21-18-15-12-9-6-3/h15-16,18-19,24-25,27-28,30-31,50,53,58-61,63-65,67,69-71,73-74H,4-14,17,20-23,26,29,32-49,51-52,54-57H2,1-3H3,(H,68,75)/b18-15-,19-16-,25-24-,28-27-,31-30-,53-50+. The Morgan fingerprint density at radius 1 is 0.500 bits per heavy atom. The van der Waals surface area contributed by atoms with Crippen molar-refractivity contribution in [3.63, 3.8) is 0 Å². The minimum atomic E-state index is -1.62. The first-order valence-electron chi connectivity index (χ1n) is 32.2. The third-order valence-electron chi connectivity index (χ3n) is 14.8. The monoisotopic (exact) mass is 1100 g/mol. The molecule has 1 saturated heterocycles. The lowest BCUT2D eigenvalue weighted by Crippen LogP contribution is -2.61. The molecule has 1 fully saturated rings. The minimum Gasteiger partial charge on any atom is -0.454 e. The zero-order valence-electron chi connectivity index (χ0n) is 50.0. The summed E-state index contributed by atoms with van der Waals surface area (Å²) in [5, 5.41) is 56.9. The average Bonchev–Trinajstić information content (AvgIpc) is 3.46. The van der Waals surface area contributed by atoms with E-state index in [9.17, 15) is 35.1 Å². The normalized spacial score (nSPS) is 19.4. The Bertz CT molecular complexity index is 1540. The van der Waals surface area contributed by atoms with Gasteiger partial charge in [0.25, 0.3) is 0 Å². The maximum absolute atomic E-state index is 13.3. The van der Waals surface area contributed by atoms with Crippen LogP contribution in [-0.2, 0) is 23.8 Å². The molecule has 11 nitrogen and oxygen atoms in total.